The Morgan fingerprint density at radius 2 is 2.15 bits per heavy atom. The fourth-order valence-corrected chi connectivity index (χ4v) is 3.38. The third-order valence-electron chi connectivity index (χ3n) is 4.93. The SMILES string of the molecule is CCc1ccc(CN2CCc3nc(-c4cccc(OC)c4)[nH]c3C2)nc1. The molecule has 4 rings (SSSR count). The lowest BCUT2D eigenvalue weighted by Gasteiger charge is -2.25. The quantitative estimate of drug-likeness (QED) is 0.765. The number of nitrogens with zero attached hydrogens (tertiary/aromatic N) is 3. The molecular formula is C21H24N4O. The third-order valence-corrected chi connectivity index (χ3v) is 4.93. The van der Waals surface area contributed by atoms with E-state index in [2.05, 4.69) is 40.0 Å². The van der Waals surface area contributed by atoms with Gasteiger partial charge in [0.2, 0.25) is 0 Å². The van der Waals surface area contributed by atoms with E-state index >= 15 is 0 Å². The van der Waals surface area contributed by atoms with Crippen LogP contribution in [0.25, 0.3) is 11.4 Å². The van der Waals surface area contributed by atoms with E-state index in [1.807, 2.05) is 24.4 Å². The van der Waals surface area contributed by atoms with Crippen LogP contribution in [0.4, 0.5) is 0 Å². The smallest absolute Gasteiger partial charge is 0.137 e. The van der Waals surface area contributed by atoms with Gasteiger partial charge in [-0.1, -0.05) is 25.1 Å². The minimum atomic E-state index is 0.847. The van der Waals surface area contributed by atoms with Crippen LogP contribution in [0.15, 0.2) is 42.6 Å². The summed E-state index contributed by atoms with van der Waals surface area (Å²) in [5.41, 5.74) is 5.85. The van der Waals surface area contributed by atoms with Crippen molar-refractivity contribution in [1.82, 2.24) is 19.9 Å². The summed E-state index contributed by atoms with van der Waals surface area (Å²) in [6, 6.07) is 12.3. The number of H-pyrrole nitrogens is 1. The maximum atomic E-state index is 5.32. The first-order valence-electron chi connectivity index (χ1n) is 9.13. The van der Waals surface area contributed by atoms with Gasteiger partial charge in [-0.05, 0) is 30.2 Å². The lowest BCUT2D eigenvalue weighted by atomic mass is 10.1. The second-order valence-electron chi connectivity index (χ2n) is 6.71. The van der Waals surface area contributed by atoms with Crippen LogP contribution in [0.1, 0.15) is 29.6 Å². The maximum absolute atomic E-state index is 5.32. The van der Waals surface area contributed by atoms with Crippen molar-refractivity contribution in [2.75, 3.05) is 13.7 Å². The Kier molecular flexibility index (Phi) is 4.71. The highest BCUT2D eigenvalue weighted by Gasteiger charge is 2.21. The van der Waals surface area contributed by atoms with Crippen LogP contribution in [0, 0.1) is 0 Å². The summed E-state index contributed by atoms with van der Waals surface area (Å²) in [6.45, 7) is 4.91. The van der Waals surface area contributed by atoms with E-state index < -0.39 is 0 Å². The number of fused-ring (bicyclic) bond motifs is 1. The molecule has 0 atom stereocenters. The van der Waals surface area contributed by atoms with E-state index in [4.69, 9.17) is 9.72 Å². The van der Waals surface area contributed by atoms with Gasteiger partial charge in [0.05, 0.1) is 24.2 Å². The van der Waals surface area contributed by atoms with Gasteiger partial charge in [0.15, 0.2) is 0 Å². The number of nitrogens with one attached hydrogen (secondary N) is 1. The fourth-order valence-electron chi connectivity index (χ4n) is 3.38. The van der Waals surface area contributed by atoms with Gasteiger partial charge in [0.1, 0.15) is 11.6 Å². The summed E-state index contributed by atoms with van der Waals surface area (Å²) >= 11 is 0. The molecule has 26 heavy (non-hydrogen) atoms. The molecule has 5 nitrogen and oxygen atoms in total. The van der Waals surface area contributed by atoms with E-state index in [1.54, 1.807) is 7.11 Å². The molecule has 0 amide bonds. The number of rotatable bonds is 5. The molecule has 134 valence electrons. The van der Waals surface area contributed by atoms with Crippen molar-refractivity contribution in [3.05, 3.63) is 65.2 Å². The molecule has 0 bridgehead atoms. The first-order valence-corrected chi connectivity index (χ1v) is 9.13. The van der Waals surface area contributed by atoms with Crippen LogP contribution in [-0.2, 0) is 25.9 Å². The van der Waals surface area contributed by atoms with E-state index in [0.717, 1.165) is 55.3 Å². The van der Waals surface area contributed by atoms with Crippen molar-refractivity contribution in [2.45, 2.75) is 32.9 Å². The van der Waals surface area contributed by atoms with Crippen molar-refractivity contribution in [2.24, 2.45) is 0 Å². The van der Waals surface area contributed by atoms with Gasteiger partial charge >= 0.3 is 0 Å². The predicted molar refractivity (Wildman–Crippen MR) is 102 cm³/mol. The van der Waals surface area contributed by atoms with Crippen molar-refractivity contribution < 1.29 is 4.74 Å². The van der Waals surface area contributed by atoms with E-state index in [1.165, 1.54) is 17.0 Å². The summed E-state index contributed by atoms with van der Waals surface area (Å²) in [7, 11) is 1.69. The number of hydrogen-bond acceptors (Lipinski definition) is 4. The van der Waals surface area contributed by atoms with Crippen molar-refractivity contribution in [1.29, 1.82) is 0 Å². The van der Waals surface area contributed by atoms with Gasteiger partial charge in [0, 0.05) is 37.8 Å². The van der Waals surface area contributed by atoms with Crippen LogP contribution in [0.2, 0.25) is 0 Å². The molecule has 0 unspecified atom stereocenters. The van der Waals surface area contributed by atoms with Gasteiger partial charge in [-0.3, -0.25) is 9.88 Å². The summed E-state index contributed by atoms with van der Waals surface area (Å²) in [5, 5.41) is 0. The zero-order valence-corrected chi connectivity index (χ0v) is 15.3. The number of imidazole rings is 1. The van der Waals surface area contributed by atoms with Crippen LogP contribution in [0.5, 0.6) is 5.75 Å². The molecule has 5 heteroatoms. The Morgan fingerprint density at radius 3 is 2.92 bits per heavy atom. The van der Waals surface area contributed by atoms with Crippen molar-refractivity contribution in [3.63, 3.8) is 0 Å². The predicted octanol–water partition coefficient (Wildman–Crippen LogP) is 3.60. The van der Waals surface area contributed by atoms with E-state index in [-0.39, 0.29) is 0 Å². The van der Waals surface area contributed by atoms with Crippen molar-refractivity contribution >= 4 is 0 Å². The first kappa shape index (κ1) is 16.8. The highest BCUT2D eigenvalue weighted by Crippen LogP contribution is 2.25. The van der Waals surface area contributed by atoms with Gasteiger partial charge < -0.3 is 9.72 Å². The lowest BCUT2D eigenvalue weighted by molar-refractivity contribution is 0.238. The largest absolute Gasteiger partial charge is 0.497 e. The average Bonchev–Trinajstić information content (AvgIpc) is 3.12. The molecule has 0 radical (unpaired) electrons. The van der Waals surface area contributed by atoms with Gasteiger partial charge in [-0.25, -0.2) is 4.98 Å². The molecule has 0 saturated heterocycles. The number of aromatic amines is 1. The zero-order valence-electron chi connectivity index (χ0n) is 15.3. The number of aromatic nitrogens is 3. The average molecular weight is 348 g/mol. The molecular weight excluding hydrogens is 324 g/mol. The molecule has 0 spiro atoms. The Bertz CT molecular complexity index is 885. The summed E-state index contributed by atoms with van der Waals surface area (Å²) in [4.78, 5) is 15.3. The Hall–Kier alpha value is -2.66. The monoisotopic (exact) mass is 348 g/mol. The number of ether oxygens (including phenoxy) is 1. The molecule has 1 N–H and O–H groups in total. The Balaban J connectivity index is 1.49. The third kappa shape index (κ3) is 3.48. The standard InChI is InChI=1S/C21H24N4O/c1-3-15-7-8-17(22-12-15)13-25-10-9-19-20(14-25)24-21(23-19)16-5-4-6-18(11-16)26-2/h4-8,11-12H,3,9-10,13-14H2,1-2H3,(H,23,24). The maximum Gasteiger partial charge on any atom is 0.137 e. The number of methoxy groups -OCH3 is 1. The molecule has 1 aliphatic rings. The molecule has 3 aromatic rings. The van der Waals surface area contributed by atoms with Gasteiger partial charge in [0.25, 0.3) is 0 Å². The number of benzene rings is 1. The van der Waals surface area contributed by atoms with Crippen LogP contribution in [0.3, 0.4) is 0 Å². The minimum absolute atomic E-state index is 0.847. The number of aryl methyl sites for hydroxylation is 1. The molecule has 1 aliphatic heterocycles. The zero-order chi connectivity index (χ0) is 17.9. The summed E-state index contributed by atoms with van der Waals surface area (Å²) < 4.78 is 5.32. The van der Waals surface area contributed by atoms with Crippen LogP contribution < -0.4 is 4.74 Å². The Morgan fingerprint density at radius 1 is 1.23 bits per heavy atom. The molecule has 0 saturated carbocycles. The fraction of sp³-hybridized carbons (Fsp3) is 0.333. The number of pyridine rings is 1. The molecule has 0 aliphatic carbocycles. The summed E-state index contributed by atoms with van der Waals surface area (Å²) in [5.74, 6) is 1.77. The minimum Gasteiger partial charge on any atom is -0.497 e. The normalized spacial score (nSPS) is 14.2. The topological polar surface area (TPSA) is 54.0 Å². The molecule has 3 heterocycles. The Labute approximate surface area is 154 Å². The summed E-state index contributed by atoms with van der Waals surface area (Å²) in [6.07, 6.45) is 3.98. The highest BCUT2D eigenvalue weighted by atomic mass is 16.5. The lowest BCUT2D eigenvalue weighted by Crippen LogP contribution is -2.30. The van der Waals surface area contributed by atoms with Gasteiger partial charge in [-0.2, -0.15) is 0 Å². The highest BCUT2D eigenvalue weighted by molar-refractivity contribution is 5.58. The second-order valence-corrected chi connectivity index (χ2v) is 6.71. The van der Waals surface area contributed by atoms with E-state index in [0.29, 0.717) is 0 Å². The van der Waals surface area contributed by atoms with E-state index in [9.17, 15) is 0 Å². The number of hydrogen-bond donors (Lipinski definition) is 1. The van der Waals surface area contributed by atoms with Crippen LogP contribution in [-0.4, -0.2) is 33.5 Å². The van der Waals surface area contributed by atoms with Crippen LogP contribution >= 0.6 is 0 Å². The molecule has 1 aromatic carbocycles. The first-order chi connectivity index (χ1) is 12.7. The van der Waals surface area contributed by atoms with Crippen molar-refractivity contribution in [3.8, 4) is 17.1 Å². The van der Waals surface area contributed by atoms with Gasteiger partial charge in [-0.15, -0.1) is 0 Å². The molecule has 0 fully saturated rings. The second kappa shape index (κ2) is 7.30. The molecule has 2 aromatic heterocycles.